The van der Waals surface area contributed by atoms with Crippen LogP contribution >= 0.6 is 0 Å². The van der Waals surface area contributed by atoms with Crippen molar-refractivity contribution in [1.29, 1.82) is 0 Å². The quantitative estimate of drug-likeness (QED) is 0.729. The summed E-state index contributed by atoms with van der Waals surface area (Å²) in [5.41, 5.74) is -0.439. The van der Waals surface area contributed by atoms with Crippen LogP contribution in [-0.2, 0) is 9.59 Å². The molecule has 0 aromatic heterocycles. The van der Waals surface area contributed by atoms with Gasteiger partial charge < -0.3 is 10.4 Å². The van der Waals surface area contributed by atoms with E-state index in [-0.39, 0.29) is 24.3 Å². The molecule has 4 heteroatoms. The third-order valence-electron chi connectivity index (χ3n) is 2.24. The third-order valence-corrected chi connectivity index (χ3v) is 2.24. The summed E-state index contributed by atoms with van der Waals surface area (Å²) in [4.78, 5) is 22.6. The Morgan fingerprint density at radius 3 is 2.06 bits per heavy atom. The van der Waals surface area contributed by atoms with Crippen LogP contribution in [0.15, 0.2) is 0 Å². The highest BCUT2D eigenvalue weighted by Gasteiger charge is 2.29. The van der Waals surface area contributed by atoms with E-state index in [0.29, 0.717) is 6.42 Å². The van der Waals surface area contributed by atoms with E-state index in [2.05, 4.69) is 5.32 Å². The zero-order chi connectivity index (χ0) is 12.9. The van der Waals surface area contributed by atoms with Crippen molar-refractivity contribution in [3.63, 3.8) is 0 Å². The van der Waals surface area contributed by atoms with Crippen molar-refractivity contribution in [3.8, 4) is 0 Å². The van der Waals surface area contributed by atoms with Gasteiger partial charge in [-0.15, -0.1) is 0 Å². The molecule has 0 rings (SSSR count). The molecule has 1 atom stereocenters. The lowest BCUT2D eigenvalue weighted by atomic mass is 9.84. The van der Waals surface area contributed by atoms with Crippen LogP contribution in [0.1, 0.15) is 47.5 Å². The van der Waals surface area contributed by atoms with Gasteiger partial charge in [-0.2, -0.15) is 0 Å². The van der Waals surface area contributed by atoms with Crippen LogP contribution < -0.4 is 5.32 Å². The van der Waals surface area contributed by atoms with Crippen molar-refractivity contribution in [2.24, 2.45) is 5.41 Å². The maximum absolute atomic E-state index is 12.1. The average molecular weight is 229 g/mol. The van der Waals surface area contributed by atoms with Gasteiger partial charge in [-0.3, -0.25) is 9.59 Å². The van der Waals surface area contributed by atoms with Crippen molar-refractivity contribution in [3.05, 3.63) is 0 Å². The maximum Gasteiger partial charge on any atom is 0.303 e. The first kappa shape index (κ1) is 15.1. The Bertz CT molecular complexity index is 253. The average Bonchev–Trinajstić information content (AvgIpc) is 2.08. The van der Waals surface area contributed by atoms with Crippen molar-refractivity contribution < 1.29 is 14.7 Å². The molecule has 0 heterocycles. The van der Waals surface area contributed by atoms with Gasteiger partial charge in [-0.25, -0.2) is 0 Å². The second-order valence-electron chi connectivity index (χ2n) is 5.42. The molecule has 0 aliphatic rings. The number of rotatable bonds is 6. The minimum absolute atomic E-state index is 0.0200. The molecule has 0 radical (unpaired) electrons. The molecule has 1 unspecified atom stereocenters. The molecule has 0 aromatic carbocycles. The van der Waals surface area contributed by atoms with Crippen molar-refractivity contribution in [2.45, 2.75) is 59.5 Å². The summed E-state index contributed by atoms with van der Waals surface area (Å²) in [5, 5.41) is 11.8. The molecule has 0 spiro atoms. The zero-order valence-electron chi connectivity index (χ0n) is 10.8. The summed E-state index contributed by atoms with van der Waals surface area (Å²) in [6.07, 6.45) is 0.371. The first-order chi connectivity index (χ1) is 7.14. The number of Topliss-reactive ketones (excluding diaryl/α,β-unsaturated/α-hetero) is 1. The molecule has 0 fully saturated rings. The normalized spacial score (nSPS) is 13.9. The fourth-order valence-corrected chi connectivity index (χ4v) is 1.48. The van der Waals surface area contributed by atoms with Crippen molar-refractivity contribution in [2.75, 3.05) is 0 Å². The number of hydrogen-bond acceptors (Lipinski definition) is 3. The second kappa shape index (κ2) is 5.99. The molecule has 0 aliphatic heterocycles. The summed E-state index contributed by atoms with van der Waals surface area (Å²) < 4.78 is 0. The van der Waals surface area contributed by atoms with E-state index in [9.17, 15) is 9.59 Å². The first-order valence-corrected chi connectivity index (χ1v) is 5.66. The monoisotopic (exact) mass is 229 g/mol. The molecule has 0 bridgehead atoms. The van der Waals surface area contributed by atoms with Crippen LogP contribution in [0.2, 0.25) is 0 Å². The van der Waals surface area contributed by atoms with E-state index in [1.165, 1.54) is 0 Å². The number of nitrogens with one attached hydrogen (secondary N) is 1. The highest BCUT2D eigenvalue weighted by Crippen LogP contribution is 2.19. The van der Waals surface area contributed by atoms with Gasteiger partial charge >= 0.3 is 5.97 Å². The Morgan fingerprint density at radius 2 is 1.75 bits per heavy atom. The summed E-state index contributed by atoms with van der Waals surface area (Å²) in [6.45, 7) is 9.45. The lowest BCUT2D eigenvalue weighted by Crippen LogP contribution is -2.45. The Kier molecular flexibility index (Phi) is 5.65. The highest BCUT2D eigenvalue weighted by atomic mass is 16.4. The Morgan fingerprint density at radius 1 is 1.25 bits per heavy atom. The molecule has 2 N–H and O–H groups in total. The summed E-state index contributed by atoms with van der Waals surface area (Å²) in [7, 11) is 0. The van der Waals surface area contributed by atoms with Crippen LogP contribution in [0.4, 0.5) is 0 Å². The summed E-state index contributed by atoms with van der Waals surface area (Å²) in [6, 6.07) is -0.193. The SMILES string of the molecule is CC(C)NC(CCC(=O)O)C(=O)C(C)(C)C. The Balaban J connectivity index is 4.54. The van der Waals surface area contributed by atoms with Crippen LogP contribution in [0.5, 0.6) is 0 Å². The molecule has 16 heavy (non-hydrogen) atoms. The topological polar surface area (TPSA) is 66.4 Å². The first-order valence-electron chi connectivity index (χ1n) is 5.66. The van der Waals surface area contributed by atoms with Gasteiger partial charge in [0.25, 0.3) is 0 Å². The van der Waals surface area contributed by atoms with E-state index >= 15 is 0 Å². The van der Waals surface area contributed by atoms with E-state index in [4.69, 9.17) is 5.11 Å². The van der Waals surface area contributed by atoms with E-state index in [0.717, 1.165) is 0 Å². The smallest absolute Gasteiger partial charge is 0.303 e. The van der Waals surface area contributed by atoms with Crippen LogP contribution in [0, 0.1) is 5.41 Å². The number of hydrogen-bond donors (Lipinski definition) is 2. The predicted octanol–water partition coefficient (Wildman–Crippen LogP) is 1.83. The van der Waals surface area contributed by atoms with Gasteiger partial charge in [0.05, 0.1) is 6.04 Å². The standard InChI is InChI=1S/C12H23NO3/c1-8(2)13-9(6-7-10(14)15)11(16)12(3,4)5/h8-9,13H,6-7H2,1-5H3,(H,14,15). The van der Waals surface area contributed by atoms with E-state index < -0.39 is 11.4 Å². The zero-order valence-corrected chi connectivity index (χ0v) is 10.8. The van der Waals surface area contributed by atoms with Gasteiger partial charge in [-0.1, -0.05) is 34.6 Å². The molecule has 94 valence electrons. The number of carboxylic acid groups (broad SMARTS) is 1. The van der Waals surface area contributed by atoms with Crippen molar-refractivity contribution in [1.82, 2.24) is 5.32 Å². The molecule has 4 nitrogen and oxygen atoms in total. The van der Waals surface area contributed by atoms with Gasteiger partial charge in [0, 0.05) is 17.9 Å². The predicted molar refractivity (Wildman–Crippen MR) is 63.4 cm³/mol. The van der Waals surface area contributed by atoms with Gasteiger partial charge in [0.2, 0.25) is 0 Å². The molecule has 0 saturated carbocycles. The lowest BCUT2D eigenvalue weighted by Gasteiger charge is -2.26. The van der Waals surface area contributed by atoms with Crippen LogP contribution in [0.25, 0.3) is 0 Å². The number of carbonyl (C=O) groups is 2. The fraction of sp³-hybridized carbons (Fsp3) is 0.833. The van der Waals surface area contributed by atoms with Gasteiger partial charge in [-0.05, 0) is 6.42 Å². The third kappa shape index (κ3) is 5.85. The van der Waals surface area contributed by atoms with Crippen molar-refractivity contribution >= 4 is 11.8 Å². The number of carboxylic acids is 1. The summed E-state index contributed by atoms with van der Waals surface area (Å²) in [5.74, 6) is -0.792. The molecule has 0 amide bonds. The highest BCUT2D eigenvalue weighted by molar-refractivity contribution is 5.89. The van der Waals surface area contributed by atoms with E-state index in [1.54, 1.807) is 0 Å². The maximum atomic E-state index is 12.1. The molecule has 0 saturated heterocycles. The summed E-state index contributed by atoms with van der Waals surface area (Å²) >= 11 is 0. The molecule has 0 aliphatic carbocycles. The van der Waals surface area contributed by atoms with Crippen LogP contribution in [0.3, 0.4) is 0 Å². The van der Waals surface area contributed by atoms with Gasteiger partial charge in [0.15, 0.2) is 5.78 Å². The number of ketones is 1. The minimum Gasteiger partial charge on any atom is -0.481 e. The lowest BCUT2D eigenvalue weighted by molar-refractivity contribution is -0.137. The second-order valence-corrected chi connectivity index (χ2v) is 5.42. The minimum atomic E-state index is -0.864. The molecular weight excluding hydrogens is 206 g/mol. The molecule has 0 aromatic rings. The van der Waals surface area contributed by atoms with E-state index in [1.807, 2.05) is 34.6 Å². The largest absolute Gasteiger partial charge is 0.481 e. The Labute approximate surface area is 97.4 Å². The van der Waals surface area contributed by atoms with Gasteiger partial charge in [0.1, 0.15) is 0 Å². The fourth-order valence-electron chi connectivity index (χ4n) is 1.48. The van der Waals surface area contributed by atoms with Crippen LogP contribution in [-0.4, -0.2) is 28.9 Å². The number of aliphatic carboxylic acids is 1. The number of carbonyl (C=O) groups excluding carboxylic acids is 1. The Hall–Kier alpha value is -0.900. The molecular formula is C12H23NO3.